The number of piperidine rings is 1. The number of carbonyl (C=O) groups is 1. The maximum Gasteiger partial charge on any atom is 0.407 e. The van der Waals surface area contributed by atoms with Crippen LogP contribution in [0, 0.1) is 5.92 Å². The molecule has 1 aromatic carbocycles. The predicted octanol–water partition coefficient (Wildman–Crippen LogP) is 2.88. The highest BCUT2D eigenvalue weighted by Gasteiger charge is 2.36. The lowest BCUT2D eigenvalue weighted by atomic mass is 9.95. The molecule has 1 amide bonds. The molecule has 5 nitrogen and oxygen atoms in total. The van der Waals surface area contributed by atoms with Crippen molar-refractivity contribution in [3.63, 3.8) is 0 Å². The number of benzene rings is 1. The molecular formula is C20H30N2O3. The molecule has 0 saturated carbocycles. The van der Waals surface area contributed by atoms with Crippen molar-refractivity contribution in [2.45, 2.75) is 57.8 Å². The molecule has 25 heavy (non-hydrogen) atoms. The summed E-state index contributed by atoms with van der Waals surface area (Å²) in [5.41, 5.74) is 1.90. The zero-order valence-electron chi connectivity index (χ0n) is 15.5. The largest absolute Gasteiger partial charge is 0.444 e. The summed E-state index contributed by atoms with van der Waals surface area (Å²) in [6.07, 6.45) is 2.28. The molecule has 2 atom stereocenters. The van der Waals surface area contributed by atoms with Gasteiger partial charge in [0.15, 0.2) is 0 Å². The van der Waals surface area contributed by atoms with Crippen molar-refractivity contribution in [2.75, 3.05) is 19.6 Å². The number of hydrogen-bond donors (Lipinski definition) is 2. The number of amides is 1. The zero-order chi connectivity index (χ0) is 18.0. The van der Waals surface area contributed by atoms with E-state index in [2.05, 4.69) is 16.3 Å². The maximum atomic E-state index is 11.8. The van der Waals surface area contributed by atoms with Gasteiger partial charge in [-0.3, -0.25) is 4.90 Å². The van der Waals surface area contributed by atoms with Crippen LogP contribution in [0.3, 0.4) is 0 Å². The van der Waals surface area contributed by atoms with Crippen LogP contribution in [0.25, 0.3) is 0 Å². The van der Waals surface area contributed by atoms with Crippen LogP contribution in [0.4, 0.5) is 4.79 Å². The highest BCUT2D eigenvalue weighted by molar-refractivity contribution is 5.67. The van der Waals surface area contributed by atoms with Gasteiger partial charge in [-0.15, -0.1) is 0 Å². The van der Waals surface area contributed by atoms with Crippen molar-refractivity contribution in [3.05, 3.63) is 35.4 Å². The fourth-order valence-corrected chi connectivity index (χ4v) is 3.91. The molecule has 1 aromatic rings. The first-order valence-electron chi connectivity index (χ1n) is 9.30. The molecule has 1 fully saturated rings. The van der Waals surface area contributed by atoms with Gasteiger partial charge in [-0.05, 0) is 70.2 Å². The lowest BCUT2D eigenvalue weighted by molar-refractivity contribution is 0.0362. The van der Waals surface area contributed by atoms with Gasteiger partial charge in [0.05, 0.1) is 6.10 Å². The normalized spacial score (nSPS) is 24.8. The molecule has 0 aromatic heterocycles. The second-order valence-electron chi connectivity index (χ2n) is 8.28. The lowest BCUT2D eigenvalue weighted by Gasteiger charge is -2.37. The Morgan fingerprint density at radius 3 is 2.60 bits per heavy atom. The Balaban J connectivity index is 1.45. The second kappa shape index (κ2) is 7.34. The summed E-state index contributed by atoms with van der Waals surface area (Å²) in [6.45, 7) is 8.21. The predicted molar refractivity (Wildman–Crippen MR) is 97.4 cm³/mol. The number of aliphatic hydroxyl groups excluding tert-OH is 1. The van der Waals surface area contributed by atoms with E-state index < -0.39 is 5.60 Å². The van der Waals surface area contributed by atoms with Gasteiger partial charge in [-0.2, -0.15) is 0 Å². The van der Waals surface area contributed by atoms with Gasteiger partial charge >= 0.3 is 6.09 Å². The Kier molecular flexibility index (Phi) is 5.35. The molecule has 0 spiro atoms. The minimum atomic E-state index is -0.457. The summed E-state index contributed by atoms with van der Waals surface area (Å²) in [5, 5.41) is 13.5. The van der Waals surface area contributed by atoms with Crippen LogP contribution < -0.4 is 5.32 Å². The number of likely N-dealkylation sites (tertiary alicyclic amines) is 1. The van der Waals surface area contributed by atoms with Crippen molar-refractivity contribution in [2.24, 2.45) is 5.92 Å². The van der Waals surface area contributed by atoms with E-state index >= 15 is 0 Å². The van der Waals surface area contributed by atoms with Crippen LogP contribution in [0.5, 0.6) is 0 Å². The monoisotopic (exact) mass is 346 g/mol. The molecule has 3 rings (SSSR count). The van der Waals surface area contributed by atoms with Gasteiger partial charge in [0.2, 0.25) is 0 Å². The summed E-state index contributed by atoms with van der Waals surface area (Å²) in [5.74, 6) is 0.477. The summed E-state index contributed by atoms with van der Waals surface area (Å²) in [4.78, 5) is 14.2. The van der Waals surface area contributed by atoms with Crippen molar-refractivity contribution in [1.82, 2.24) is 10.2 Å². The van der Waals surface area contributed by atoms with Crippen molar-refractivity contribution in [1.29, 1.82) is 0 Å². The first-order chi connectivity index (χ1) is 11.8. The third-order valence-corrected chi connectivity index (χ3v) is 5.22. The van der Waals surface area contributed by atoms with Crippen molar-refractivity contribution in [3.8, 4) is 0 Å². The van der Waals surface area contributed by atoms with Crippen LogP contribution in [-0.2, 0) is 11.2 Å². The van der Waals surface area contributed by atoms with Crippen molar-refractivity contribution < 1.29 is 14.6 Å². The van der Waals surface area contributed by atoms with Gasteiger partial charge in [0.25, 0.3) is 0 Å². The SMILES string of the molecule is CC(C)(C)OC(=O)NCC1CCN(C2Cc3ccccc3C2O)CC1. The number of fused-ring (bicyclic) bond motifs is 1. The third kappa shape index (κ3) is 4.53. The minimum absolute atomic E-state index is 0.192. The van der Waals surface area contributed by atoms with Crippen molar-refractivity contribution >= 4 is 6.09 Å². The molecule has 1 heterocycles. The van der Waals surface area contributed by atoms with Gasteiger partial charge in [-0.1, -0.05) is 24.3 Å². The Bertz CT molecular complexity index is 603. The van der Waals surface area contributed by atoms with E-state index in [0.717, 1.165) is 37.9 Å². The number of ether oxygens (including phenoxy) is 1. The standard InChI is InChI=1S/C20H30N2O3/c1-20(2,3)25-19(24)21-13-14-8-10-22(11-9-14)17-12-15-6-4-5-7-16(15)18(17)23/h4-7,14,17-18,23H,8-13H2,1-3H3,(H,21,24). The Morgan fingerprint density at radius 2 is 1.96 bits per heavy atom. The van der Waals surface area contributed by atoms with E-state index in [9.17, 15) is 9.90 Å². The first kappa shape index (κ1) is 18.2. The molecule has 1 saturated heterocycles. The average molecular weight is 346 g/mol. The number of hydrogen-bond acceptors (Lipinski definition) is 4. The third-order valence-electron chi connectivity index (χ3n) is 5.22. The fraction of sp³-hybridized carbons (Fsp3) is 0.650. The first-order valence-corrected chi connectivity index (χ1v) is 9.30. The fourth-order valence-electron chi connectivity index (χ4n) is 3.91. The van der Waals surface area contributed by atoms with E-state index in [-0.39, 0.29) is 18.2 Å². The number of nitrogens with one attached hydrogen (secondary N) is 1. The minimum Gasteiger partial charge on any atom is -0.444 e. The summed E-state index contributed by atoms with van der Waals surface area (Å²) in [6, 6.07) is 8.40. The smallest absolute Gasteiger partial charge is 0.407 e. The summed E-state index contributed by atoms with van der Waals surface area (Å²) in [7, 11) is 0. The molecule has 138 valence electrons. The number of alkyl carbamates (subject to hydrolysis) is 1. The van der Waals surface area contributed by atoms with Gasteiger partial charge in [0, 0.05) is 12.6 Å². The Morgan fingerprint density at radius 1 is 1.28 bits per heavy atom. The van der Waals surface area contributed by atoms with Crippen LogP contribution in [0.2, 0.25) is 0 Å². The molecule has 0 radical (unpaired) electrons. The molecule has 1 aliphatic carbocycles. The number of nitrogens with zero attached hydrogens (tertiary/aromatic N) is 1. The second-order valence-corrected chi connectivity index (χ2v) is 8.28. The molecule has 2 N–H and O–H groups in total. The average Bonchev–Trinajstić information content (AvgIpc) is 2.89. The quantitative estimate of drug-likeness (QED) is 0.883. The molecule has 2 unspecified atom stereocenters. The Hall–Kier alpha value is -1.59. The Labute approximate surface area is 150 Å². The molecule has 0 bridgehead atoms. The highest BCUT2D eigenvalue weighted by atomic mass is 16.6. The van der Waals surface area contributed by atoms with E-state index in [1.54, 1.807) is 0 Å². The van der Waals surface area contributed by atoms with Crippen LogP contribution in [0.15, 0.2) is 24.3 Å². The van der Waals surface area contributed by atoms with Gasteiger partial charge in [-0.25, -0.2) is 4.79 Å². The van der Waals surface area contributed by atoms with Crippen LogP contribution >= 0.6 is 0 Å². The topological polar surface area (TPSA) is 61.8 Å². The van der Waals surface area contributed by atoms with Gasteiger partial charge in [0.1, 0.15) is 5.60 Å². The molecule has 2 aliphatic rings. The van der Waals surface area contributed by atoms with Gasteiger partial charge < -0.3 is 15.2 Å². The highest BCUT2D eigenvalue weighted by Crippen LogP contribution is 2.35. The van der Waals surface area contributed by atoms with E-state index in [4.69, 9.17) is 4.74 Å². The molecular weight excluding hydrogens is 316 g/mol. The number of aliphatic hydroxyl groups is 1. The van der Waals surface area contributed by atoms with Crippen LogP contribution in [-0.4, -0.2) is 47.4 Å². The van der Waals surface area contributed by atoms with E-state index in [1.165, 1.54) is 5.56 Å². The number of carbonyl (C=O) groups excluding carboxylic acids is 1. The number of rotatable bonds is 3. The zero-order valence-corrected chi connectivity index (χ0v) is 15.5. The maximum absolute atomic E-state index is 11.8. The summed E-state index contributed by atoms with van der Waals surface area (Å²) >= 11 is 0. The lowest BCUT2D eigenvalue weighted by Crippen LogP contribution is -2.45. The molecule has 1 aliphatic heterocycles. The molecule has 5 heteroatoms. The van der Waals surface area contributed by atoms with E-state index in [0.29, 0.717) is 12.5 Å². The summed E-state index contributed by atoms with van der Waals surface area (Å²) < 4.78 is 5.29. The van der Waals surface area contributed by atoms with Crippen LogP contribution in [0.1, 0.15) is 50.8 Å². The van der Waals surface area contributed by atoms with E-state index in [1.807, 2.05) is 39.0 Å².